The Hall–Kier alpha value is -0.511. The van der Waals surface area contributed by atoms with Crippen LogP contribution in [-0.4, -0.2) is 26.6 Å². The van der Waals surface area contributed by atoms with Crippen LogP contribution in [0.15, 0.2) is 49.1 Å². The van der Waals surface area contributed by atoms with Crippen LogP contribution in [0.3, 0.4) is 0 Å². The maximum absolute atomic E-state index is 4.26. The molecule has 0 radical (unpaired) electrons. The summed E-state index contributed by atoms with van der Waals surface area (Å²) in [4.78, 5) is 3.98. The first-order valence-corrected chi connectivity index (χ1v) is 4.87. The summed E-state index contributed by atoms with van der Waals surface area (Å²) in [5.41, 5.74) is 1.30. The predicted octanol–water partition coefficient (Wildman–Crippen LogP) is 2.33. The third-order valence-electron chi connectivity index (χ3n) is 1.77. The van der Waals surface area contributed by atoms with Gasteiger partial charge in [0.15, 0.2) is 0 Å². The van der Waals surface area contributed by atoms with Crippen molar-refractivity contribution in [1.82, 2.24) is 9.55 Å². The van der Waals surface area contributed by atoms with Gasteiger partial charge in [-0.2, -0.15) is 3.84 Å². The summed E-state index contributed by atoms with van der Waals surface area (Å²) in [5, 5.41) is 0. The molecule has 0 aliphatic rings. The molecule has 0 atom stereocenters. The molecule has 0 N–H and O–H groups in total. The molecule has 0 saturated carbocycles. The molecule has 0 amide bonds. The van der Waals surface area contributed by atoms with E-state index in [2.05, 4.69) is 49.3 Å². The maximum Gasteiger partial charge on any atom is 0.0949 e. The molecular formula is C10H12Cl2N2OSe. The van der Waals surface area contributed by atoms with Crippen molar-refractivity contribution in [2.24, 2.45) is 0 Å². The van der Waals surface area contributed by atoms with Gasteiger partial charge >= 0.3 is 17.1 Å². The third kappa shape index (κ3) is 6.16. The van der Waals surface area contributed by atoms with Gasteiger partial charge in [0, 0.05) is 18.9 Å². The van der Waals surface area contributed by atoms with Crippen molar-refractivity contribution < 1.29 is 3.84 Å². The number of nitrogens with zero attached hydrogens (tertiary/aromatic N) is 2. The van der Waals surface area contributed by atoms with Crippen LogP contribution < -0.4 is 0 Å². The van der Waals surface area contributed by atoms with Crippen molar-refractivity contribution >= 4 is 40.8 Å². The second kappa shape index (κ2) is 9.70. The van der Waals surface area contributed by atoms with Gasteiger partial charge in [-0.05, 0) is 5.56 Å². The summed E-state index contributed by atoms with van der Waals surface area (Å²) in [6.07, 6.45) is 5.59. The van der Waals surface area contributed by atoms with Gasteiger partial charge in [0.1, 0.15) is 0 Å². The van der Waals surface area contributed by atoms with Crippen LogP contribution in [0.1, 0.15) is 5.56 Å². The Morgan fingerprint density at radius 3 is 2.31 bits per heavy atom. The van der Waals surface area contributed by atoms with E-state index in [4.69, 9.17) is 0 Å². The summed E-state index contributed by atoms with van der Waals surface area (Å²) in [6, 6.07) is 10.3. The molecule has 0 aliphatic carbocycles. The minimum absolute atomic E-state index is 0. The molecule has 0 fully saturated rings. The van der Waals surface area contributed by atoms with Gasteiger partial charge in [0.25, 0.3) is 0 Å². The van der Waals surface area contributed by atoms with Gasteiger partial charge in [-0.25, -0.2) is 4.98 Å². The SMILES string of the molecule is ClOCl.[SeH2].c1ccc(Cn2ccnc2)cc1. The molecule has 0 saturated heterocycles. The second-order valence-corrected chi connectivity index (χ2v) is 3.25. The van der Waals surface area contributed by atoms with Crippen LogP contribution >= 0.6 is 23.7 Å². The number of hydrogen-bond acceptors (Lipinski definition) is 2. The van der Waals surface area contributed by atoms with E-state index in [-0.39, 0.29) is 17.1 Å². The van der Waals surface area contributed by atoms with Gasteiger partial charge in [-0.3, -0.25) is 0 Å². The van der Waals surface area contributed by atoms with Crippen molar-refractivity contribution in [3.05, 3.63) is 54.6 Å². The van der Waals surface area contributed by atoms with Crippen LogP contribution in [0.4, 0.5) is 0 Å². The molecule has 2 rings (SSSR count). The Balaban J connectivity index is 0.000000511. The number of imidazole rings is 1. The van der Waals surface area contributed by atoms with Crippen LogP contribution in [-0.2, 0) is 10.4 Å². The first kappa shape index (κ1) is 15.5. The van der Waals surface area contributed by atoms with Crippen molar-refractivity contribution in [3.63, 3.8) is 0 Å². The summed E-state index contributed by atoms with van der Waals surface area (Å²) < 4.78 is 5.25. The minimum Gasteiger partial charge on any atom is -0.333 e. The van der Waals surface area contributed by atoms with Crippen LogP contribution in [0.5, 0.6) is 0 Å². The normalized spacial score (nSPS) is 8.62. The average Bonchev–Trinajstić information content (AvgIpc) is 2.73. The van der Waals surface area contributed by atoms with Crippen LogP contribution in [0.25, 0.3) is 0 Å². The Labute approximate surface area is 115 Å². The van der Waals surface area contributed by atoms with Gasteiger partial charge in [0.2, 0.25) is 0 Å². The van der Waals surface area contributed by atoms with Gasteiger partial charge < -0.3 is 4.57 Å². The van der Waals surface area contributed by atoms with E-state index in [1.54, 1.807) is 6.20 Å². The average molecular weight is 326 g/mol. The van der Waals surface area contributed by atoms with E-state index >= 15 is 0 Å². The molecule has 0 bridgehead atoms. The predicted molar refractivity (Wildman–Crippen MR) is 69.1 cm³/mol. The van der Waals surface area contributed by atoms with Gasteiger partial charge in [-0.15, -0.1) is 0 Å². The zero-order valence-electron chi connectivity index (χ0n) is 8.38. The molecule has 0 spiro atoms. The van der Waals surface area contributed by atoms with Crippen molar-refractivity contribution in [3.8, 4) is 0 Å². The molecule has 16 heavy (non-hydrogen) atoms. The Kier molecular flexibility index (Phi) is 9.39. The number of hydrogen-bond donors (Lipinski definition) is 0. The second-order valence-electron chi connectivity index (χ2n) is 2.78. The monoisotopic (exact) mass is 326 g/mol. The van der Waals surface area contributed by atoms with E-state index in [9.17, 15) is 0 Å². The number of halogens is 2. The largest absolute Gasteiger partial charge is 0.333 e. The smallest absolute Gasteiger partial charge is 0.0949 e. The fourth-order valence-corrected chi connectivity index (χ4v) is 1.17. The molecule has 1 heterocycles. The zero-order chi connectivity index (χ0) is 10.9. The van der Waals surface area contributed by atoms with E-state index in [0.29, 0.717) is 0 Å². The van der Waals surface area contributed by atoms with E-state index < -0.39 is 0 Å². The van der Waals surface area contributed by atoms with Crippen LogP contribution in [0, 0.1) is 0 Å². The summed E-state index contributed by atoms with van der Waals surface area (Å²) in [5.74, 6) is 0. The first-order valence-electron chi connectivity index (χ1n) is 4.26. The number of rotatable bonds is 2. The molecule has 0 aliphatic heterocycles. The molecule has 1 aromatic carbocycles. The van der Waals surface area contributed by atoms with Gasteiger partial charge in [-0.1, -0.05) is 30.3 Å². The van der Waals surface area contributed by atoms with Crippen molar-refractivity contribution in [2.45, 2.75) is 6.54 Å². The Morgan fingerprint density at radius 2 is 1.81 bits per heavy atom. The molecule has 0 unspecified atom stereocenters. The number of benzene rings is 1. The fraction of sp³-hybridized carbons (Fsp3) is 0.100. The minimum atomic E-state index is 0. The van der Waals surface area contributed by atoms with E-state index in [1.807, 2.05) is 30.7 Å². The molecule has 88 valence electrons. The maximum atomic E-state index is 4.26. The fourth-order valence-electron chi connectivity index (χ4n) is 1.17. The number of aromatic nitrogens is 2. The topological polar surface area (TPSA) is 27.1 Å². The van der Waals surface area contributed by atoms with Crippen molar-refractivity contribution in [2.75, 3.05) is 0 Å². The van der Waals surface area contributed by atoms with E-state index in [0.717, 1.165) is 6.54 Å². The Bertz CT molecular complexity index is 356. The van der Waals surface area contributed by atoms with Gasteiger partial charge in [0.05, 0.1) is 30.1 Å². The standard InChI is InChI=1S/C10H10N2.Cl2O.H2Se/c1-2-4-10(5-3-1)8-12-7-6-11-9-12;1-3-2;/h1-7,9H,8H2;;1H2. The van der Waals surface area contributed by atoms with Crippen molar-refractivity contribution in [1.29, 1.82) is 0 Å². The summed E-state index contributed by atoms with van der Waals surface area (Å²) in [7, 11) is 0. The third-order valence-corrected chi connectivity index (χ3v) is 1.77. The summed E-state index contributed by atoms with van der Waals surface area (Å²) >= 11 is 8.53. The summed E-state index contributed by atoms with van der Waals surface area (Å²) in [6.45, 7) is 0.904. The molecule has 6 heteroatoms. The van der Waals surface area contributed by atoms with E-state index in [1.165, 1.54) is 5.56 Å². The van der Waals surface area contributed by atoms with Crippen LogP contribution in [0.2, 0.25) is 0 Å². The first-order chi connectivity index (χ1) is 7.36. The Morgan fingerprint density at radius 1 is 1.19 bits per heavy atom. The quantitative estimate of drug-likeness (QED) is 0.792. The zero-order valence-corrected chi connectivity index (χ0v) is 12.0. The molecule has 3 nitrogen and oxygen atoms in total. The molecule has 2 aromatic rings. The molecular weight excluding hydrogens is 314 g/mol. The molecule has 1 aromatic heterocycles.